The van der Waals surface area contributed by atoms with E-state index in [-0.39, 0.29) is 18.2 Å². The zero-order valence-corrected chi connectivity index (χ0v) is 20.2. The number of imidazole rings is 1. The van der Waals surface area contributed by atoms with Crippen LogP contribution in [0, 0.1) is 0 Å². The van der Waals surface area contributed by atoms with Gasteiger partial charge in [-0.15, -0.1) is 0 Å². The van der Waals surface area contributed by atoms with Crippen molar-refractivity contribution in [3.63, 3.8) is 0 Å². The number of benzene rings is 3. The van der Waals surface area contributed by atoms with Crippen molar-refractivity contribution in [2.45, 2.75) is 32.7 Å². The van der Waals surface area contributed by atoms with E-state index in [0.717, 1.165) is 17.7 Å². The van der Waals surface area contributed by atoms with Gasteiger partial charge in [0.2, 0.25) is 5.91 Å². The van der Waals surface area contributed by atoms with Crippen LogP contribution in [0.3, 0.4) is 0 Å². The van der Waals surface area contributed by atoms with E-state index in [1.165, 1.54) is 16.3 Å². The lowest BCUT2D eigenvalue weighted by molar-refractivity contribution is -0.121. The van der Waals surface area contributed by atoms with Crippen LogP contribution in [0.4, 0.5) is 0 Å². The van der Waals surface area contributed by atoms with Gasteiger partial charge in [0, 0.05) is 12.7 Å². The maximum atomic E-state index is 12.7. The van der Waals surface area contributed by atoms with E-state index in [4.69, 9.17) is 0 Å². The molecule has 0 bridgehead atoms. The van der Waals surface area contributed by atoms with Crippen LogP contribution < -0.4 is 5.32 Å². The second-order valence-electron chi connectivity index (χ2n) is 8.68. The molecule has 1 heterocycles. The molecule has 1 aromatic heterocycles. The second-order valence-corrected chi connectivity index (χ2v) is 8.68. The zero-order valence-electron chi connectivity index (χ0n) is 20.2. The molecule has 0 aliphatic heterocycles. The first kappa shape index (κ1) is 24.0. The van der Waals surface area contributed by atoms with E-state index in [1.807, 2.05) is 54.1 Å². The Bertz CT molecular complexity index is 1340. The summed E-state index contributed by atoms with van der Waals surface area (Å²) in [4.78, 5) is 17.4. The SMILES string of the molecule is C/C=C/c1cn(CC(=O)NCCC(C)c2cccc3ccccc23)c(/C=C/c2ccc(O)cc2)n1. The Morgan fingerprint density at radius 2 is 1.80 bits per heavy atom. The van der Waals surface area contributed by atoms with Gasteiger partial charge in [-0.05, 0) is 65.4 Å². The van der Waals surface area contributed by atoms with Crippen molar-refractivity contribution in [3.8, 4) is 5.75 Å². The van der Waals surface area contributed by atoms with Crippen molar-refractivity contribution >= 4 is 34.9 Å². The number of aromatic nitrogens is 2. The van der Waals surface area contributed by atoms with Crippen LogP contribution >= 0.6 is 0 Å². The number of carbonyl (C=O) groups excluding carboxylic acids is 1. The van der Waals surface area contributed by atoms with Gasteiger partial charge in [-0.1, -0.05) is 73.7 Å². The molecule has 4 aromatic rings. The normalized spacial score (nSPS) is 12.5. The molecule has 35 heavy (non-hydrogen) atoms. The van der Waals surface area contributed by atoms with Crippen molar-refractivity contribution in [1.29, 1.82) is 0 Å². The van der Waals surface area contributed by atoms with Crippen LogP contribution in [0.5, 0.6) is 5.75 Å². The Morgan fingerprint density at radius 3 is 2.60 bits per heavy atom. The number of carbonyl (C=O) groups is 1. The molecule has 0 saturated carbocycles. The van der Waals surface area contributed by atoms with Crippen LogP contribution in [0.15, 0.2) is 79.0 Å². The predicted molar refractivity (Wildman–Crippen MR) is 144 cm³/mol. The molecular weight excluding hydrogens is 434 g/mol. The third-order valence-corrected chi connectivity index (χ3v) is 6.05. The van der Waals surface area contributed by atoms with Crippen LogP contribution in [-0.2, 0) is 11.3 Å². The quantitative estimate of drug-likeness (QED) is 0.307. The topological polar surface area (TPSA) is 67.2 Å². The highest BCUT2D eigenvalue weighted by Crippen LogP contribution is 2.27. The average molecular weight is 466 g/mol. The van der Waals surface area contributed by atoms with E-state index >= 15 is 0 Å². The highest BCUT2D eigenvalue weighted by atomic mass is 16.3. The Labute approximate surface area is 206 Å². The van der Waals surface area contributed by atoms with Crippen LogP contribution in [0.2, 0.25) is 0 Å². The van der Waals surface area contributed by atoms with Gasteiger partial charge in [0.15, 0.2) is 0 Å². The minimum absolute atomic E-state index is 0.0427. The number of amides is 1. The zero-order chi connectivity index (χ0) is 24.6. The van der Waals surface area contributed by atoms with E-state index < -0.39 is 0 Å². The number of nitrogens with zero attached hydrogens (tertiary/aromatic N) is 2. The predicted octanol–water partition coefficient (Wildman–Crippen LogP) is 6.26. The molecule has 1 amide bonds. The number of aromatic hydroxyl groups is 1. The second kappa shape index (κ2) is 11.3. The van der Waals surface area contributed by atoms with Crippen molar-refractivity contribution in [2.75, 3.05) is 6.54 Å². The maximum Gasteiger partial charge on any atom is 0.239 e. The highest BCUT2D eigenvalue weighted by molar-refractivity contribution is 5.86. The van der Waals surface area contributed by atoms with Crippen LogP contribution in [0.25, 0.3) is 29.0 Å². The summed E-state index contributed by atoms with van der Waals surface area (Å²) in [7, 11) is 0. The Hall–Kier alpha value is -4.12. The summed E-state index contributed by atoms with van der Waals surface area (Å²) in [5.41, 5.74) is 3.05. The van der Waals surface area contributed by atoms with Crippen molar-refractivity contribution in [2.24, 2.45) is 0 Å². The molecule has 0 radical (unpaired) electrons. The number of nitrogens with one attached hydrogen (secondary N) is 1. The first-order valence-electron chi connectivity index (χ1n) is 11.9. The lowest BCUT2D eigenvalue weighted by atomic mass is 9.92. The molecule has 0 saturated heterocycles. The molecule has 0 spiro atoms. The lowest BCUT2D eigenvalue weighted by Gasteiger charge is -2.15. The summed E-state index contributed by atoms with van der Waals surface area (Å²) in [6.45, 7) is 4.95. The molecule has 0 fully saturated rings. The van der Waals surface area contributed by atoms with Gasteiger partial charge in [0.05, 0.1) is 5.69 Å². The van der Waals surface area contributed by atoms with Gasteiger partial charge in [0.1, 0.15) is 18.1 Å². The lowest BCUT2D eigenvalue weighted by Crippen LogP contribution is -2.29. The summed E-state index contributed by atoms with van der Waals surface area (Å²) in [5, 5.41) is 15.1. The van der Waals surface area contributed by atoms with Gasteiger partial charge in [-0.25, -0.2) is 4.98 Å². The number of rotatable bonds is 9. The number of hydrogen-bond acceptors (Lipinski definition) is 3. The van der Waals surface area contributed by atoms with E-state index in [2.05, 4.69) is 59.7 Å². The number of hydrogen-bond donors (Lipinski definition) is 2. The molecule has 4 rings (SSSR count). The third kappa shape index (κ3) is 6.27. The Kier molecular flexibility index (Phi) is 7.78. The van der Waals surface area contributed by atoms with Gasteiger partial charge in [-0.2, -0.15) is 0 Å². The summed E-state index contributed by atoms with van der Waals surface area (Å²) in [6.07, 6.45) is 10.4. The fraction of sp³-hybridized carbons (Fsp3) is 0.200. The first-order valence-corrected chi connectivity index (χ1v) is 11.9. The Morgan fingerprint density at radius 1 is 1.03 bits per heavy atom. The summed E-state index contributed by atoms with van der Waals surface area (Å²) in [6, 6.07) is 21.8. The van der Waals surface area contributed by atoms with Crippen LogP contribution in [-0.4, -0.2) is 27.1 Å². The molecule has 178 valence electrons. The van der Waals surface area contributed by atoms with Gasteiger partial charge < -0.3 is 15.0 Å². The molecule has 5 nitrogen and oxygen atoms in total. The van der Waals surface area contributed by atoms with Gasteiger partial charge in [0.25, 0.3) is 0 Å². The third-order valence-electron chi connectivity index (χ3n) is 6.05. The molecule has 1 unspecified atom stereocenters. The van der Waals surface area contributed by atoms with Crippen molar-refractivity contribution in [1.82, 2.24) is 14.9 Å². The standard InChI is InChI=1S/C30H31N3O2/c1-3-7-25-20-33(29(32-25)17-14-23-12-15-26(34)16-13-23)21-30(35)31-19-18-22(2)27-11-6-9-24-8-4-5-10-28(24)27/h3-17,20,22,34H,18-19,21H2,1-2H3,(H,31,35)/b7-3+,17-14+. The number of allylic oxidation sites excluding steroid dienone is 1. The minimum Gasteiger partial charge on any atom is -0.508 e. The fourth-order valence-electron chi connectivity index (χ4n) is 4.19. The smallest absolute Gasteiger partial charge is 0.239 e. The van der Waals surface area contributed by atoms with Gasteiger partial charge in [-0.3, -0.25) is 4.79 Å². The molecule has 0 aliphatic rings. The molecule has 3 aromatic carbocycles. The largest absolute Gasteiger partial charge is 0.508 e. The van der Waals surface area contributed by atoms with Crippen molar-refractivity contribution in [3.05, 3.63) is 102 Å². The van der Waals surface area contributed by atoms with Crippen molar-refractivity contribution < 1.29 is 9.90 Å². The van der Waals surface area contributed by atoms with E-state index in [0.29, 0.717) is 18.3 Å². The number of fused-ring (bicyclic) bond motifs is 1. The summed E-state index contributed by atoms with van der Waals surface area (Å²) >= 11 is 0. The fourth-order valence-corrected chi connectivity index (χ4v) is 4.19. The molecule has 0 aliphatic carbocycles. The first-order chi connectivity index (χ1) is 17.0. The monoisotopic (exact) mass is 465 g/mol. The van der Waals surface area contributed by atoms with E-state index in [1.54, 1.807) is 12.1 Å². The van der Waals surface area contributed by atoms with E-state index in [9.17, 15) is 9.90 Å². The number of phenolic OH excluding ortho intramolecular Hbond substituents is 1. The maximum absolute atomic E-state index is 12.7. The molecule has 1 atom stereocenters. The molecule has 5 heteroatoms. The number of phenols is 1. The molecule has 2 N–H and O–H groups in total. The highest BCUT2D eigenvalue weighted by Gasteiger charge is 2.12. The summed E-state index contributed by atoms with van der Waals surface area (Å²) < 4.78 is 1.86. The van der Waals surface area contributed by atoms with Crippen LogP contribution in [0.1, 0.15) is 48.8 Å². The minimum atomic E-state index is -0.0427. The average Bonchev–Trinajstić information content (AvgIpc) is 3.24. The molecular formula is C30H31N3O2. The summed E-state index contributed by atoms with van der Waals surface area (Å²) in [5.74, 6) is 1.22. The van der Waals surface area contributed by atoms with Gasteiger partial charge >= 0.3 is 0 Å². The Balaban J connectivity index is 1.38.